The molecule has 0 saturated carbocycles. The Hall–Kier alpha value is -3.23. The largest absolute Gasteiger partial charge is 0.478 e. The number of nitrogens with one attached hydrogen (secondary N) is 1. The monoisotopic (exact) mass is 274 g/mol. The smallest absolute Gasteiger partial charge is 0.360 e. The van der Waals surface area contributed by atoms with E-state index in [1.54, 1.807) is 0 Å². The molecule has 9 heteroatoms. The van der Waals surface area contributed by atoms with E-state index in [1.165, 1.54) is 18.2 Å². The van der Waals surface area contributed by atoms with Crippen LogP contribution in [0.15, 0.2) is 23.0 Å². The van der Waals surface area contributed by atoms with E-state index in [1.807, 2.05) is 0 Å². The summed E-state index contributed by atoms with van der Waals surface area (Å²) in [4.78, 5) is 37.4. The zero-order chi connectivity index (χ0) is 14.4. The van der Waals surface area contributed by atoms with Gasteiger partial charge in [-0.15, -0.1) is 5.10 Å². The maximum Gasteiger partial charge on any atom is 0.360 e. The molecule has 2 aromatic heterocycles. The van der Waals surface area contributed by atoms with Crippen molar-refractivity contribution in [3.05, 3.63) is 39.8 Å². The number of aromatic amines is 1. The lowest BCUT2D eigenvalue weighted by molar-refractivity contribution is 0.0683. The molecule has 0 atom stereocenters. The fourth-order valence-corrected chi connectivity index (χ4v) is 1.90. The van der Waals surface area contributed by atoms with Gasteiger partial charge < -0.3 is 10.2 Å². The summed E-state index contributed by atoms with van der Waals surface area (Å²) < 4.78 is 1.16. The third-order valence-corrected chi connectivity index (χ3v) is 2.81. The summed E-state index contributed by atoms with van der Waals surface area (Å²) in [6, 6.07) is 3.84. The van der Waals surface area contributed by atoms with Crippen LogP contribution in [-0.2, 0) is 0 Å². The molecule has 0 bridgehead atoms. The fourth-order valence-electron chi connectivity index (χ4n) is 1.90. The van der Waals surface area contributed by atoms with E-state index in [-0.39, 0.29) is 22.1 Å². The quantitative estimate of drug-likeness (QED) is 0.596. The number of hydrogen-bond donors (Lipinski definition) is 3. The molecule has 20 heavy (non-hydrogen) atoms. The Kier molecular flexibility index (Phi) is 2.30. The van der Waals surface area contributed by atoms with Crippen LogP contribution < -0.4 is 5.56 Å². The normalized spacial score (nSPS) is 11.0. The molecule has 0 aliphatic carbocycles. The molecule has 0 saturated heterocycles. The zero-order valence-corrected chi connectivity index (χ0v) is 9.69. The SMILES string of the molecule is O=C(O)c1ccc2c(=O)nc3c(C(=O)O)n[nH]n3c2c1. The lowest BCUT2D eigenvalue weighted by atomic mass is 10.1. The molecule has 1 aromatic carbocycles. The minimum absolute atomic E-state index is 0.0385. The summed E-state index contributed by atoms with van der Waals surface area (Å²) in [5.74, 6) is -2.51. The van der Waals surface area contributed by atoms with E-state index in [4.69, 9.17) is 10.2 Å². The Morgan fingerprint density at radius 3 is 2.60 bits per heavy atom. The molecule has 0 spiro atoms. The minimum Gasteiger partial charge on any atom is -0.478 e. The fraction of sp³-hybridized carbons (Fsp3) is 0. The summed E-state index contributed by atoms with van der Waals surface area (Å²) in [6.07, 6.45) is 0. The van der Waals surface area contributed by atoms with Crippen molar-refractivity contribution in [3.8, 4) is 0 Å². The van der Waals surface area contributed by atoms with E-state index in [0.717, 1.165) is 4.52 Å². The van der Waals surface area contributed by atoms with Crippen molar-refractivity contribution >= 4 is 28.5 Å². The molecule has 3 aromatic rings. The van der Waals surface area contributed by atoms with Crippen molar-refractivity contribution in [2.24, 2.45) is 0 Å². The van der Waals surface area contributed by atoms with Gasteiger partial charge in [0, 0.05) is 0 Å². The highest BCUT2D eigenvalue weighted by Crippen LogP contribution is 2.15. The summed E-state index contributed by atoms with van der Waals surface area (Å²) in [5, 5.41) is 24.0. The van der Waals surface area contributed by atoms with Crippen molar-refractivity contribution in [1.82, 2.24) is 19.8 Å². The van der Waals surface area contributed by atoms with Crippen LogP contribution in [-0.4, -0.2) is 42.0 Å². The van der Waals surface area contributed by atoms with E-state index in [9.17, 15) is 14.4 Å². The molecule has 0 aliphatic rings. The maximum atomic E-state index is 11.8. The van der Waals surface area contributed by atoms with Crippen molar-refractivity contribution in [2.45, 2.75) is 0 Å². The lowest BCUT2D eigenvalue weighted by Crippen LogP contribution is -2.12. The van der Waals surface area contributed by atoms with E-state index in [0.29, 0.717) is 0 Å². The first-order valence-corrected chi connectivity index (χ1v) is 5.36. The number of carboxylic acid groups (broad SMARTS) is 2. The number of carbonyl (C=O) groups is 2. The van der Waals surface area contributed by atoms with Gasteiger partial charge in [0.1, 0.15) is 0 Å². The highest BCUT2D eigenvalue weighted by molar-refractivity contribution is 5.96. The highest BCUT2D eigenvalue weighted by atomic mass is 16.4. The molecule has 0 amide bonds. The molecule has 2 heterocycles. The van der Waals surface area contributed by atoms with E-state index in [2.05, 4.69) is 15.3 Å². The first-order valence-electron chi connectivity index (χ1n) is 5.36. The second kappa shape index (κ2) is 3.88. The number of rotatable bonds is 2. The minimum atomic E-state index is -1.34. The number of fused-ring (bicyclic) bond motifs is 3. The summed E-state index contributed by atoms with van der Waals surface area (Å²) >= 11 is 0. The maximum absolute atomic E-state index is 11.8. The van der Waals surface area contributed by atoms with E-state index < -0.39 is 23.2 Å². The van der Waals surface area contributed by atoms with Gasteiger partial charge in [-0.1, -0.05) is 0 Å². The Morgan fingerprint density at radius 1 is 1.20 bits per heavy atom. The molecule has 0 unspecified atom stereocenters. The number of H-pyrrole nitrogens is 1. The molecular formula is C11H6N4O5. The molecule has 9 nitrogen and oxygen atoms in total. The molecule has 0 radical (unpaired) electrons. The van der Waals surface area contributed by atoms with Crippen LogP contribution >= 0.6 is 0 Å². The van der Waals surface area contributed by atoms with Crippen molar-refractivity contribution < 1.29 is 19.8 Å². The Bertz CT molecular complexity index is 939. The van der Waals surface area contributed by atoms with Gasteiger partial charge in [0.25, 0.3) is 5.56 Å². The Morgan fingerprint density at radius 2 is 1.95 bits per heavy atom. The van der Waals surface area contributed by atoms with Crippen LogP contribution in [0.2, 0.25) is 0 Å². The summed E-state index contributed by atoms with van der Waals surface area (Å²) in [6.45, 7) is 0. The first kappa shape index (κ1) is 11.8. The van der Waals surface area contributed by atoms with Crippen LogP contribution in [0.25, 0.3) is 16.6 Å². The van der Waals surface area contributed by atoms with Gasteiger partial charge in [0.2, 0.25) is 5.69 Å². The van der Waals surface area contributed by atoms with Crippen LogP contribution in [0.3, 0.4) is 0 Å². The van der Waals surface area contributed by atoms with Gasteiger partial charge in [-0.05, 0) is 18.2 Å². The Balaban J connectivity index is 2.51. The number of aromatic carboxylic acids is 2. The van der Waals surface area contributed by atoms with Gasteiger partial charge in [-0.2, -0.15) is 4.98 Å². The predicted molar refractivity (Wildman–Crippen MR) is 65.0 cm³/mol. The van der Waals surface area contributed by atoms with Crippen molar-refractivity contribution in [1.29, 1.82) is 0 Å². The van der Waals surface area contributed by atoms with Crippen LogP contribution in [0.5, 0.6) is 0 Å². The standard InChI is InChI=1S/C11H6N4O5/c16-9-5-2-1-4(10(17)18)3-6(5)15-8(12-9)7(11(19)20)13-14-15/h1-3,14H,(H,17,18)(H,19,20). The number of hydrogen-bond acceptors (Lipinski definition) is 5. The molecule has 100 valence electrons. The molecule has 0 fully saturated rings. The third-order valence-electron chi connectivity index (χ3n) is 2.81. The number of nitrogens with zero attached hydrogens (tertiary/aromatic N) is 3. The number of benzene rings is 1. The molecule has 3 rings (SSSR count). The average Bonchev–Trinajstić information content (AvgIpc) is 2.82. The van der Waals surface area contributed by atoms with Crippen molar-refractivity contribution in [3.63, 3.8) is 0 Å². The molecule has 3 N–H and O–H groups in total. The lowest BCUT2D eigenvalue weighted by Gasteiger charge is -2.01. The first-order chi connectivity index (χ1) is 9.49. The second-order valence-corrected chi connectivity index (χ2v) is 3.98. The third kappa shape index (κ3) is 1.53. The molecular weight excluding hydrogens is 268 g/mol. The van der Waals surface area contributed by atoms with Crippen LogP contribution in [0.1, 0.15) is 20.8 Å². The summed E-state index contributed by atoms with van der Waals surface area (Å²) in [5.41, 5.74) is -1.08. The molecule has 0 aliphatic heterocycles. The number of aromatic nitrogens is 4. The number of carboxylic acids is 2. The topological polar surface area (TPSA) is 138 Å². The van der Waals surface area contributed by atoms with Crippen molar-refractivity contribution in [2.75, 3.05) is 0 Å². The second-order valence-electron chi connectivity index (χ2n) is 3.98. The highest BCUT2D eigenvalue weighted by Gasteiger charge is 2.18. The van der Waals surface area contributed by atoms with Gasteiger partial charge >= 0.3 is 11.9 Å². The van der Waals surface area contributed by atoms with Gasteiger partial charge in [-0.25, -0.2) is 19.3 Å². The summed E-state index contributed by atoms with van der Waals surface area (Å²) in [7, 11) is 0. The predicted octanol–water partition coefficient (Wildman–Crippen LogP) is -0.0328. The Labute approximate surface area is 109 Å². The van der Waals surface area contributed by atoms with Gasteiger partial charge in [0.15, 0.2) is 5.65 Å². The van der Waals surface area contributed by atoms with E-state index >= 15 is 0 Å². The average molecular weight is 274 g/mol. The zero-order valence-electron chi connectivity index (χ0n) is 9.69. The van der Waals surface area contributed by atoms with Crippen LogP contribution in [0, 0.1) is 0 Å². The van der Waals surface area contributed by atoms with Gasteiger partial charge in [-0.3, -0.25) is 4.79 Å². The van der Waals surface area contributed by atoms with Crippen LogP contribution in [0.4, 0.5) is 0 Å². The van der Waals surface area contributed by atoms with Gasteiger partial charge in [0.05, 0.1) is 16.5 Å².